The number of nitrogens with zero attached hydrogens (tertiary/aromatic N) is 2. The van der Waals surface area contributed by atoms with Crippen LogP contribution in [0.5, 0.6) is 0 Å². The van der Waals surface area contributed by atoms with Crippen molar-refractivity contribution in [2.24, 2.45) is 7.05 Å². The largest absolute Gasteiger partial charge is 0.478 e. The number of aromatic carboxylic acids is 1. The number of fused-ring (bicyclic) bond motifs is 4. The smallest absolute Gasteiger partial charge is 0.337 e. The fourth-order valence-corrected chi connectivity index (χ4v) is 3.01. The van der Waals surface area contributed by atoms with Gasteiger partial charge in [0.25, 0.3) is 0 Å². The van der Waals surface area contributed by atoms with E-state index in [0.29, 0.717) is 27.5 Å². The van der Waals surface area contributed by atoms with E-state index in [9.17, 15) is 9.90 Å². The van der Waals surface area contributed by atoms with E-state index in [4.69, 9.17) is 0 Å². The standard InChI is InChI=1S/C17H12N2O2/c1-19-13-9-5-3-7-11(13)14-15(17(20)21)10-6-2-4-8-12(10)18-16(14)19/h2-9H,1H3,(H,20,21). The molecule has 0 radical (unpaired) electrons. The average molecular weight is 276 g/mol. The lowest BCUT2D eigenvalue weighted by Crippen LogP contribution is -2.01. The highest BCUT2D eigenvalue weighted by molar-refractivity contribution is 6.21. The summed E-state index contributed by atoms with van der Waals surface area (Å²) in [7, 11) is 1.91. The van der Waals surface area contributed by atoms with Gasteiger partial charge >= 0.3 is 5.97 Å². The van der Waals surface area contributed by atoms with E-state index in [2.05, 4.69) is 4.98 Å². The van der Waals surface area contributed by atoms with Gasteiger partial charge in [0.2, 0.25) is 0 Å². The van der Waals surface area contributed by atoms with Gasteiger partial charge in [-0.05, 0) is 12.1 Å². The van der Waals surface area contributed by atoms with Crippen molar-refractivity contribution in [2.45, 2.75) is 0 Å². The van der Waals surface area contributed by atoms with E-state index in [1.807, 2.05) is 60.1 Å². The number of hydrogen-bond donors (Lipinski definition) is 1. The number of aryl methyl sites for hydroxylation is 1. The number of benzene rings is 2. The maximum absolute atomic E-state index is 11.8. The monoisotopic (exact) mass is 276 g/mol. The highest BCUT2D eigenvalue weighted by atomic mass is 16.4. The molecule has 4 aromatic rings. The number of para-hydroxylation sites is 2. The van der Waals surface area contributed by atoms with Crippen LogP contribution >= 0.6 is 0 Å². The number of rotatable bonds is 1. The average Bonchev–Trinajstić information content (AvgIpc) is 2.78. The minimum Gasteiger partial charge on any atom is -0.478 e. The summed E-state index contributed by atoms with van der Waals surface area (Å²) in [6, 6.07) is 15.2. The van der Waals surface area contributed by atoms with Gasteiger partial charge in [-0.15, -0.1) is 0 Å². The van der Waals surface area contributed by atoms with Crippen molar-refractivity contribution in [3.05, 3.63) is 54.1 Å². The minimum absolute atomic E-state index is 0.326. The molecule has 21 heavy (non-hydrogen) atoms. The molecule has 1 N–H and O–H groups in total. The van der Waals surface area contributed by atoms with Crippen LogP contribution in [0, 0.1) is 0 Å². The lowest BCUT2D eigenvalue weighted by molar-refractivity contribution is 0.0701. The zero-order valence-electron chi connectivity index (χ0n) is 11.4. The SMILES string of the molecule is Cn1c2ccccc2c2c(C(=O)O)c3ccccc3nc21. The molecule has 2 aromatic carbocycles. The number of aromatic nitrogens is 2. The third-order valence-electron chi connectivity index (χ3n) is 3.94. The number of carbonyl (C=O) groups is 1. The summed E-state index contributed by atoms with van der Waals surface area (Å²) in [6.45, 7) is 0. The Kier molecular flexibility index (Phi) is 2.30. The van der Waals surface area contributed by atoms with Crippen molar-refractivity contribution in [3.63, 3.8) is 0 Å². The maximum Gasteiger partial charge on any atom is 0.337 e. The first-order valence-corrected chi connectivity index (χ1v) is 6.67. The van der Waals surface area contributed by atoms with E-state index in [0.717, 1.165) is 10.9 Å². The topological polar surface area (TPSA) is 55.1 Å². The Morgan fingerprint density at radius 2 is 1.71 bits per heavy atom. The van der Waals surface area contributed by atoms with Gasteiger partial charge in [0.1, 0.15) is 5.65 Å². The number of pyridine rings is 1. The Bertz CT molecular complexity index is 1030. The van der Waals surface area contributed by atoms with Gasteiger partial charge in [-0.25, -0.2) is 9.78 Å². The molecule has 0 fully saturated rings. The van der Waals surface area contributed by atoms with E-state index in [1.54, 1.807) is 0 Å². The molecule has 2 heterocycles. The summed E-state index contributed by atoms with van der Waals surface area (Å²) in [5.41, 5.74) is 2.71. The summed E-state index contributed by atoms with van der Waals surface area (Å²) in [5.74, 6) is -0.921. The molecule has 0 aliphatic heterocycles. The fraction of sp³-hybridized carbons (Fsp3) is 0.0588. The molecule has 0 spiro atoms. The van der Waals surface area contributed by atoms with Crippen LogP contribution in [0.1, 0.15) is 10.4 Å². The van der Waals surface area contributed by atoms with Crippen molar-refractivity contribution >= 4 is 38.8 Å². The molecule has 0 saturated heterocycles. The Balaban J connectivity index is 2.40. The van der Waals surface area contributed by atoms with Gasteiger partial charge in [-0.2, -0.15) is 0 Å². The van der Waals surface area contributed by atoms with E-state index in [-0.39, 0.29) is 0 Å². The van der Waals surface area contributed by atoms with Gasteiger partial charge in [0.15, 0.2) is 0 Å². The summed E-state index contributed by atoms with van der Waals surface area (Å²) in [4.78, 5) is 16.5. The lowest BCUT2D eigenvalue weighted by Gasteiger charge is -2.05. The number of carboxylic acids is 1. The Morgan fingerprint density at radius 3 is 2.48 bits per heavy atom. The van der Waals surface area contributed by atoms with Gasteiger partial charge in [-0.1, -0.05) is 36.4 Å². The Labute approximate surface area is 120 Å². The lowest BCUT2D eigenvalue weighted by atomic mass is 10.0. The highest BCUT2D eigenvalue weighted by Crippen LogP contribution is 2.33. The molecule has 2 aromatic heterocycles. The summed E-state index contributed by atoms with van der Waals surface area (Å²) in [6.07, 6.45) is 0. The molecule has 4 rings (SSSR count). The van der Waals surface area contributed by atoms with Crippen LogP contribution in [0.25, 0.3) is 32.8 Å². The minimum atomic E-state index is -0.921. The van der Waals surface area contributed by atoms with E-state index >= 15 is 0 Å². The molecule has 0 unspecified atom stereocenters. The first-order chi connectivity index (χ1) is 10.2. The summed E-state index contributed by atoms with van der Waals surface area (Å²) < 4.78 is 1.95. The quantitative estimate of drug-likeness (QED) is 0.578. The van der Waals surface area contributed by atoms with Gasteiger partial charge in [0.05, 0.1) is 16.6 Å². The number of hydrogen-bond acceptors (Lipinski definition) is 2. The zero-order chi connectivity index (χ0) is 14.6. The highest BCUT2D eigenvalue weighted by Gasteiger charge is 2.20. The van der Waals surface area contributed by atoms with Gasteiger partial charge in [-0.3, -0.25) is 0 Å². The van der Waals surface area contributed by atoms with Crippen LogP contribution in [-0.4, -0.2) is 20.6 Å². The van der Waals surface area contributed by atoms with Crippen molar-refractivity contribution in [1.29, 1.82) is 0 Å². The van der Waals surface area contributed by atoms with Crippen molar-refractivity contribution < 1.29 is 9.90 Å². The van der Waals surface area contributed by atoms with Gasteiger partial charge < -0.3 is 9.67 Å². The molecule has 102 valence electrons. The van der Waals surface area contributed by atoms with Crippen molar-refractivity contribution in [2.75, 3.05) is 0 Å². The van der Waals surface area contributed by atoms with Crippen LogP contribution < -0.4 is 0 Å². The second kappa shape index (κ2) is 4.06. The first-order valence-electron chi connectivity index (χ1n) is 6.67. The molecule has 0 aliphatic carbocycles. The van der Waals surface area contributed by atoms with E-state index < -0.39 is 5.97 Å². The first kappa shape index (κ1) is 11.9. The second-order valence-corrected chi connectivity index (χ2v) is 5.08. The van der Waals surface area contributed by atoms with Crippen molar-refractivity contribution in [3.8, 4) is 0 Å². The molecular formula is C17H12N2O2. The molecule has 0 aliphatic rings. The Morgan fingerprint density at radius 1 is 1.05 bits per heavy atom. The molecule has 0 saturated carbocycles. The normalized spacial score (nSPS) is 11.5. The second-order valence-electron chi connectivity index (χ2n) is 5.08. The molecule has 0 amide bonds. The maximum atomic E-state index is 11.8. The zero-order valence-corrected chi connectivity index (χ0v) is 11.4. The van der Waals surface area contributed by atoms with Crippen molar-refractivity contribution in [1.82, 2.24) is 9.55 Å². The van der Waals surface area contributed by atoms with Crippen LogP contribution in [-0.2, 0) is 7.05 Å². The Hall–Kier alpha value is -2.88. The molecule has 4 heteroatoms. The summed E-state index contributed by atoms with van der Waals surface area (Å²) in [5, 5.41) is 12.0. The van der Waals surface area contributed by atoms with Gasteiger partial charge in [0, 0.05) is 23.2 Å². The predicted molar refractivity (Wildman–Crippen MR) is 82.7 cm³/mol. The molecule has 0 bridgehead atoms. The summed E-state index contributed by atoms with van der Waals surface area (Å²) >= 11 is 0. The van der Waals surface area contributed by atoms with E-state index in [1.165, 1.54) is 0 Å². The fourth-order valence-electron chi connectivity index (χ4n) is 3.01. The number of carboxylic acid groups (broad SMARTS) is 1. The third-order valence-corrected chi connectivity index (χ3v) is 3.94. The molecule has 4 nitrogen and oxygen atoms in total. The van der Waals surface area contributed by atoms with Crippen LogP contribution in [0.4, 0.5) is 0 Å². The molecule has 0 atom stereocenters. The predicted octanol–water partition coefficient (Wildman–Crippen LogP) is 3.58. The third kappa shape index (κ3) is 1.50. The van der Waals surface area contributed by atoms with Crippen LogP contribution in [0.15, 0.2) is 48.5 Å². The van der Waals surface area contributed by atoms with Crippen LogP contribution in [0.2, 0.25) is 0 Å². The molecular weight excluding hydrogens is 264 g/mol. The van der Waals surface area contributed by atoms with Crippen LogP contribution in [0.3, 0.4) is 0 Å².